The number of amides is 1. The number of likely N-dealkylation sites (tertiary alicyclic amines) is 1. The Labute approximate surface area is 108 Å². The molecule has 1 amide bonds. The average molecular weight is 271 g/mol. The lowest BCUT2D eigenvalue weighted by molar-refractivity contribution is -0.150. The van der Waals surface area contributed by atoms with Gasteiger partial charge in [-0.25, -0.2) is 9.18 Å². The van der Waals surface area contributed by atoms with Gasteiger partial charge in [-0.15, -0.1) is 11.3 Å². The minimum absolute atomic E-state index is 0.134. The van der Waals surface area contributed by atoms with Crippen LogP contribution in [0.15, 0.2) is 17.5 Å². The molecular weight excluding hydrogens is 257 g/mol. The van der Waals surface area contributed by atoms with Crippen molar-refractivity contribution in [3.8, 4) is 0 Å². The van der Waals surface area contributed by atoms with E-state index >= 15 is 0 Å². The number of carboxylic acids is 1. The van der Waals surface area contributed by atoms with Crippen molar-refractivity contribution in [1.29, 1.82) is 0 Å². The highest BCUT2D eigenvalue weighted by Crippen LogP contribution is 2.30. The van der Waals surface area contributed by atoms with E-state index in [4.69, 9.17) is 5.11 Å². The molecule has 0 aliphatic carbocycles. The summed E-state index contributed by atoms with van der Waals surface area (Å²) in [5.74, 6) is -2.04. The zero-order valence-electron chi connectivity index (χ0n) is 9.93. The van der Waals surface area contributed by atoms with Crippen LogP contribution in [0.25, 0.3) is 0 Å². The van der Waals surface area contributed by atoms with Crippen LogP contribution in [0.2, 0.25) is 0 Å². The van der Waals surface area contributed by atoms with Crippen LogP contribution in [0.5, 0.6) is 0 Å². The molecular formula is C12H14FNO3S. The van der Waals surface area contributed by atoms with Crippen LogP contribution >= 0.6 is 11.3 Å². The van der Waals surface area contributed by atoms with E-state index in [1.54, 1.807) is 6.92 Å². The molecule has 0 bridgehead atoms. The number of hydrogen-bond donors (Lipinski definition) is 1. The molecule has 0 spiro atoms. The Bertz CT molecular complexity index is 462. The van der Waals surface area contributed by atoms with Gasteiger partial charge in [0.15, 0.2) is 0 Å². The Kier molecular flexibility index (Phi) is 3.38. The molecule has 1 aromatic heterocycles. The molecule has 1 N–H and O–H groups in total. The van der Waals surface area contributed by atoms with Gasteiger partial charge < -0.3 is 10.0 Å². The number of halogens is 1. The summed E-state index contributed by atoms with van der Waals surface area (Å²) < 4.78 is 13.9. The number of hydrogen-bond acceptors (Lipinski definition) is 3. The van der Waals surface area contributed by atoms with E-state index in [1.165, 1.54) is 16.2 Å². The molecule has 2 rings (SSSR count). The smallest absolute Gasteiger partial charge is 0.343 e. The lowest BCUT2D eigenvalue weighted by atomic mass is 10.1. The van der Waals surface area contributed by atoms with Crippen molar-refractivity contribution >= 4 is 23.2 Å². The van der Waals surface area contributed by atoms with Gasteiger partial charge in [-0.3, -0.25) is 4.79 Å². The predicted molar refractivity (Wildman–Crippen MR) is 65.4 cm³/mol. The van der Waals surface area contributed by atoms with Crippen molar-refractivity contribution < 1.29 is 19.1 Å². The Morgan fingerprint density at radius 2 is 2.33 bits per heavy atom. The van der Waals surface area contributed by atoms with Gasteiger partial charge in [-0.2, -0.15) is 0 Å². The second-order valence-electron chi connectivity index (χ2n) is 4.52. The van der Waals surface area contributed by atoms with E-state index in [1.807, 2.05) is 17.5 Å². The highest BCUT2D eigenvalue weighted by atomic mass is 32.1. The largest absolute Gasteiger partial charge is 0.479 e. The standard InChI is InChI=1S/C12H14FNO3S/c1-8(9-3-2-6-18-9)10(15)14-5-4-12(13,7-14)11(16)17/h2-3,6,8H,4-5,7H2,1H3,(H,16,17). The van der Waals surface area contributed by atoms with Crippen LogP contribution in [0, 0.1) is 0 Å². The molecule has 0 radical (unpaired) electrons. The molecule has 98 valence electrons. The quantitative estimate of drug-likeness (QED) is 0.913. The van der Waals surface area contributed by atoms with Gasteiger partial charge in [-0.1, -0.05) is 6.07 Å². The summed E-state index contributed by atoms with van der Waals surface area (Å²) in [5, 5.41) is 10.7. The van der Waals surface area contributed by atoms with Gasteiger partial charge in [-0.05, 0) is 18.4 Å². The number of carbonyl (C=O) groups is 2. The van der Waals surface area contributed by atoms with Crippen molar-refractivity contribution in [2.75, 3.05) is 13.1 Å². The first-order valence-electron chi connectivity index (χ1n) is 5.68. The monoisotopic (exact) mass is 271 g/mol. The number of nitrogens with zero attached hydrogens (tertiary/aromatic N) is 1. The predicted octanol–water partition coefficient (Wildman–Crippen LogP) is 1.88. The van der Waals surface area contributed by atoms with Crippen molar-refractivity contribution in [3.63, 3.8) is 0 Å². The number of rotatable bonds is 3. The molecule has 18 heavy (non-hydrogen) atoms. The zero-order chi connectivity index (χ0) is 13.3. The molecule has 2 heterocycles. The Morgan fingerprint density at radius 1 is 1.61 bits per heavy atom. The summed E-state index contributed by atoms with van der Waals surface area (Å²) in [4.78, 5) is 25.1. The molecule has 1 saturated heterocycles. The third kappa shape index (κ3) is 2.25. The Morgan fingerprint density at radius 3 is 2.83 bits per heavy atom. The van der Waals surface area contributed by atoms with Gasteiger partial charge in [0.1, 0.15) is 0 Å². The summed E-state index contributed by atoms with van der Waals surface area (Å²) >= 11 is 1.47. The van der Waals surface area contributed by atoms with Gasteiger partial charge >= 0.3 is 5.97 Å². The first-order valence-corrected chi connectivity index (χ1v) is 6.56. The molecule has 2 atom stereocenters. The third-order valence-corrected chi connectivity index (χ3v) is 4.31. The van der Waals surface area contributed by atoms with Crippen LogP contribution in [-0.2, 0) is 9.59 Å². The minimum Gasteiger partial charge on any atom is -0.479 e. The summed E-state index contributed by atoms with van der Waals surface area (Å²) in [6.45, 7) is 1.57. The fourth-order valence-electron chi connectivity index (χ4n) is 2.07. The first kappa shape index (κ1) is 13.0. The van der Waals surface area contributed by atoms with Gasteiger partial charge in [0.25, 0.3) is 0 Å². The van der Waals surface area contributed by atoms with E-state index < -0.39 is 11.6 Å². The summed E-state index contributed by atoms with van der Waals surface area (Å²) in [7, 11) is 0. The van der Waals surface area contributed by atoms with Crippen LogP contribution in [0.4, 0.5) is 4.39 Å². The number of carbonyl (C=O) groups excluding carboxylic acids is 1. The maximum Gasteiger partial charge on any atom is 0.343 e. The van der Waals surface area contributed by atoms with Crippen LogP contribution in [0.3, 0.4) is 0 Å². The SMILES string of the molecule is CC(C(=O)N1CCC(F)(C(=O)O)C1)c1cccs1. The topological polar surface area (TPSA) is 57.6 Å². The number of carboxylic acid groups (broad SMARTS) is 1. The first-order chi connectivity index (χ1) is 8.44. The number of thiophene rings is 1. The van der Waals surface area contributed by atoms with Crippen LogP contribution in [0.1, 0.15) is 24.1 Å². The van der Waals surface area contributed by atoms with E-state index in [0.717, 1.165) is 4.88 Å². The van der Waals surface area contributed by atoms with E-state index in [0.29, 0.717) is 0 Å². The van der Waals surface area contributed by atoms with Crippen LogP contribution < -0.4 is 0 Å². The summed E-state index contributed by atoms with van der Waals surface area (Å²) in [5.41, 5.74) is -2.29. The molecule has 0 saturated carbocycles. The maximum absolute atomic E-state index is 13.9. The third-order valence-electron chi connectivity index (χ3n) is 3.25. The summed E-state index contributed by atoms with van der Waals surface area (Å²) in [6.07, 6.45) is -0.134. The van der Waals surface area contributed by atoms with Crippen LogP contribution in [-0.4, -0.2) is 40.6 Å². The molecule has 6 heteroatoms. The fourth-order valence-corrected chi connectivity index (χ4v) is 2.85. The molecule has 1 fully saturated rings. The minimum atomic E-state index is -2.29. The average Bonchev–Trinajstić information content (AvgIpc) is 2.96. The van der Waals surface area contributed by atoms with E-state index in [-0.39, 0.29) is 31.3 Å². The molecule has 2 unspecified atom stereocenters. The van der Waals surface area contributed by atoms with Gasteiger partial charge in [0, 0.05) is 17.8 Å². The normalized spacial score (nSPS) is 25.1. The van der Waals surface area contributed by atoms with Gasteiger partial charge in [0.2, 0.25) is 11.6 Å². The molecule has 1 aliphatic rings. The number of aliphatic carboxylic acids is 1. The highest BCUT2D eigenvalue weighted by Gasteiger charge is 2.47. The Balaban J connectivity index is 2.06. The lowest BCUT2D eigenvalue weighted by Crippen LogP contribution is -2.40. The number of alkyl halides is 1. The van der Waals surface area contributed by atoms with E-state index in [9.17, 15) is 14.0 Å². The van der Waals surface area contributed by atoms with Crippen molar-refractivity contribution in [1.82, 2.24) is 4.90 Å². The highest BCUT2D eigenvalue weighted by molar-refractivity contribution is 7.10. The molecule has 0 aromatic carbocycles. The molecule has 4 nitrogen and oxygen atoms in total. The van der Waals surface area contributed by atoms with Crippen molar-refractivity contribution in [2.45, 2.75) is 24.9 Å². The van der Waals surface area contributed by atoms with E-state index in [2.05, 4.69) is 0 Å². The maximum atomic E-state index is 13.9. The fraction of sp³-hybridized carbons (Fsp3) is 0.500. The second-order valence-corrected chi connectivity index (χ2v) is 5.50. The van der Waals surface area contributed by atoms with Crippen molar-refractivity contribution in [3.05, 3.63) is 22.4 Å². The second kappa shape index (κ2) is 4.68. The molecule has 1 aromatic rings. The van der Waals surface area contributed by atoms with Crippen molar-refractivity contribution in [2.24, 2.45) is 0 Å². The Hall–Kier alpha value is -1.43. The van der Waals surface area contributed by atoms with Gasteiger partial charge in [0.05, 0.1) is 12.5 Å². The molecule has 1 aliphatic heterocycles. The zero-order valence-corrected chi connectivity index (χ0v) is 10.7. The summed E-state index contributed by atoms with van der Waals surface area (Å²) in [6, 6.07) is 3.70. The lowest BCUT2D eigenvalue weighted by Gasteiger charge is -2.21.